The van der Waals surface area contributed by atoms with E-state index in [-0.39, 0.29) is 6.04 Å². The van der Waals surface area contributed by atoms with Crippen LogP contribution in [0.25, 0.3) is 0 Å². The summed E-state index contributed by atoms with van der Waals surface area (Å²) in [6, 6.07) is 0.202. The second-order valence-electron chi connectivity index (χ2n) is 2.95. The fourth-order valence-corrected chi connectivity index (χ4v) is 1.50. The van der Waals surface area contributed by atoms with Gasteiger partial charge in [-0.15, -0.1) is 0 Å². The van der Waals surface area contributed by atoms with Crippen molar-refractivity contribution in [3.63, 3.8) is 0 Å². The Labute approximate surface area is 86.5 Å². The van der Waals surface area contributed by atoms with Crippen LogP contribution >= 0.6 is 34.8 Å². The maximum atomic E-state index is 11.1. The summed E-state index contributed by atoms with van der Waals surface area (Å²) in [4.78, 5) is 11.1. The van der Waals surface area contributed by atoms with Crippen LogP contribution in [0.4, 0.5) is 0 Å². The van der Waals surface area contributed by atoms with E-state index in [1.807, 2.05) is 0 Å². The molecule has 12 heavy (non-hydrogen) atoms. The fourth-order valence-electron chi connectivity index (χ4n) is 1.34. The molecule has 1 rings (SSSR count). The molecular formula is C7H10Cl3NO. The number of amides is 1. The maximum Gasteiger partial charge on any atom is 0.272 e. The van der Waals surface area contributed by atoms with Crippen molar-refractivity contribution in [2.75, 3.05) is 0 Å². The predicted molar refractivity (Wildman–Crippen MR) is 50.7 cm³/mol. The van der Waals surface area contributed by atoms with Gasteiger partial charge in [-0.05, 0) is 12.8 Å². The lowest BCUT2D eigenvalue weighted by atomic mass is 10.2. The number of carbonyl (C=O) groups is 1. The third-order valence-electron chi connectivity index (χ3n) is 1.95. The van der Waals surface area contributed by atoms with Crippen LogP contribution in [0.2, 0.25) is 0 Å². The highest BCUT2D eigenvalue weighted by molar-refractivity contribution is 6.76. The Kier molecular flexibility index (Phi) is 3.50. The molecule has 1 aliphatic carbocycles. The molecule has 5 heteroatoms. The van der Waals surface area contributed by atoms with Gasteiger partial charge in [0.25, 0.3) is 9.70 Å². The summed E-state index contributed by atoms with van der Waals surface area (Å²) in [5.41, 5.74) is 0. The first kappa shape index (κ1) is 10.4. The molecule has 70 valence electrons. The molecule has 1 fully saturated rings. The molecule has 2 nitrogen and oxygen atoms in total. The van der Waals surface area contributed by atoms with Crippen LogP contribution in [0.3, 0.4) is 0 Å². The van der Waals surface area contributed by atoms with E-state index < -0.39 is 9.70 Å². The minimum atomic E-state index is -1.82. The monoisotopic (exact) mass is 229 g/mol. The molecule has 0 radical (unpaired) electrons. The van der Waals surface area contributed by atoms with Crippen LogP contribution in [0.1, 0.15) is 25.7 Å². The summed E-state index contributed by atoms with van der Waals surface area (Å²) in [6.07, 6.45) is 4.27. The molecule has 0 atom stereocenters. The largest absolute Gasteiger partial charge is 0.350 e. The van der Waals surface area contributed by atoms with E-state index in [1.54, 1.807) is 0 Å². The Morgan fingerprint density at radius 3 is 2.17 bits per heavy atom. The van der Waals surface area contributed by atoms with Crippen LogP contribution in [-0.4, -0.2) is 15.7 Å². The van der Waals surface area contributed by atoms with Crippen molar-refractivity contribution in [3.05, 3.63) is 0 Å². The predicted octanol–water partition coefficient (Wildman–Crippen LogP) is 2.42. The number of alkyl halides is 3. The summed E-state index contributed by atoms with van der Waals surface area (Å²) in [5.74, 6) is -0.514. The molecule has 1 aliphatic rings. The van der Waals surface area contributed by atoms with E-state index in [0.29, 0.717) is 0 Å². The first-order chi connectivity index (χ1) is 5.50. The summed E-state index contributed by atoms with van der Waals surface area (Å²) in [6.45, 7) is 0. The summed E-state index contributed by atoms with van der Waals surface area (Å²) in [7, 11) is 0. The van der Waals surface area contributed by atoms with Crippen molar-refractivity contribution in [1.29, 1.82) is 0 Å². The number of hydrogen-bond donors (Lipinski definition) is 1. The molecule has 0 unspecified atom stereocenters. The van der Waals surface area contributed by atoms with E-state index in [9.17, 15) is 4.79 Å². The summed E-state index contributed by atoms with van der Waals surface area (Å²) in [5, 5.41) is 2.68. The first-order valence-corrected chi connectivity index (χ1v) is 5.01. The topological polar surface area (TPSA) is 29.1 Å². The lowest BCUT2D eigenvalue weighted by molar-refractivity contribution is -0.120. The van der Waals surface area contributed by atoms with Crippen molar-refractivity contribution >= 4 is 40.7 Å². The molecule has 1 saturated carbocycles. The molecule has 0 aromatic carbocycles. The molecule has 0 heterocycles. The standard InChI is InChI=1S/C7H10Cl3NO/c8-7(9,10)6(12)11-5-3-1-2-4-5/h5H,1-4H2,(H,11,12). The number of nitrogens with one attached hydrogen (secondary N) is 1. The SMILES string of the molecule is O=C(NC1CCCC1)C(Cl)(Cl)Cl. The average molecular weight is 231 g/mol. The lowest BCUT2D eigenvalue weighted by Gasteiger charge is -2.15. The van der Waals surface area contributed by atoms with Gasteiger partial charge in [-0.3, -0.25) is 4.79 Å². The highest BCUT2D eigenvalue weighted by atomic mass is 35.6. The van der Waals surface area contributed by atoms with E-state index in [0.717, 1.165) is 25.7 Å². The first-order valence-electron chi connectivity index (χ1n) is 3.88. The summed E-state index contributed by atoms with van der Waals surface area (Å²) < 4.78 is -1.82. The van der Waals surface area contributed by atoms with Gasteiger partial charge >= 0.3 is 0 Å². The molecule has 0 aliphatic heterocycles. The normalized spacial score (nSPS) is 19.6. The molecule has 1 N–H and O–H groups in total. The average Bonchev–Trinajstić information content (AvgIpc) is 2.37. The molecule has 1 amide bonds. The number of hydrogen-bond acceptors (Lipinski definition) is 1. The molecular weight excluding hydrogens is 220 g/mol. The van der Waals surface area contributed by atoms with Crippen molar-refractivity contribution in [3.8, 4) is 0 Å². The number of rotatable bonds is 1. The second kappa shape index (κ2) is 4.03. The van der Waals surface area contributed by atoms with Crippen molar-refractivity contribution in [1.82, 2.24) is 5.32 Å². The van der Waals surface area contributed by atoms with Crippen LogP contribution in [-0.2, 0) is 4.79 Å². The summed E-state index contributed by atoms with van der Waals surface area (Å²) >= 11 is 16.1. The van der Waals surface area contributed by atoms with Gasteiger partial charge in [0, 0.05) is 6.04 Å². The van der Waals surface area contributed by atoms with Gasteiger partial charge in [-0.25, -0.2) is 0 Å². The highest BCUT2D eigenvalue weighted by Crippen LogP contribution is 2.27. The van der Waals surface area contributed by atoms with Gasteiger partial charge in [-0.2, -0.15) is 0 Å². The van der Waals surface area contributed by atoms with Crippen LogP contribution in [0.5, 0.6) is 0 Å². The van der Waals surface area contributed by atoms with Crippen molar-refractivity contribution in [2.24, 2.45) is 0 Å². The van der Waals surface area contributed by atoms with Crippen molar-refractivity contribution < 1.29 is 4.79 Å². The third-order valence-corrected chi connectivity index (χ3v) is 2.46. The van der Waals surface area contributed by atoms with Crippen LogP contribution in [0, 0.1) is 0 Å². The van der Waals surface area contributed by atoms with Gasteiger partial charge in [0.2, 0.25) is 0 Å². The highest BCUT2D eigenvalue weighted by Gasteiger charge is 2.32. The zero-order valence-electron chi connectivity index (χ0n) is 6.45. The van der Waals surface area contributed by atoms with Crippen LogP contribution < -0.4 is 5.32 Å². The molecule has 0 saturated heterocycles. The van der Waals surface area contributed by atoms with Gasteiger partial charge in [0.1, 0.15) is 0 Å². The Hall–Kier alpha value is 0.340. The zero-order valence-corrected chi connectivity index (χ0v) is 8.72. The quantitative estimate of drug-likeness (QED) is 0.689. The number of carbonyl (C=O) groups excluding carboxylic acids is 1. The smallest absolute Gasteiger partial charge is 0.272 e. The van der Waals surface area contributed by atoms with Gasteiger partial charge < -0.3 is 5.32 Å². The van der Waals surface area contributed by atoms with Gasteiger partial charge in [-0.1, -0.05) is 47.6 Å². The maximum absolute atomic E-state index is 11.1. The third kappa shape index (κ3) is 3.00. The molecule has 0 bridgehead atoms. The van der Waals surface area contributed by atoms with Gasteiger partial charge in [0.05, 0.1) is 0 Å². The van der Waals surface area contributed by atoms with E-state index >= 15 is 0 Å². The Balaban J connectivity index is 2.35. The van der Waals surface area contributed by atoms with E-state index in [2.05, 4.69) is 5.32 Å². The Morgan fingerprint density at radius 2 is 1.75 bits per heavy atom. The van der Waals surface area contributed by atoms with E-state index in [1.165, 1.54) is 0 Å². The molecule has 0 aromatic heterocycles. The minimum absolute atomic E-state index is 0.202. The lowest BCUT2D eigenvalue weighted by Crippen LogP contribution is -2.40. The van der Waals surface area contributed by atoms with Crippen LogP contribution in [0.15, 0.2) is 0 Å². The minimum Gasteiger partial charge on any atom is -0.350 e. The Morgan fingerprint density at radius 1 is 1.25 bits per heavy atom. The second-order valence-corrected chi connectivity index (χ2v) is 5.23. The Bertz CT molecular complexity index is 172. The number of halogens is 3. The van der Waals surface area contributed by atoms with Gasteiger partial charge in [0.15, 0.2) is 0 Å². The molecule has 0 spiro atoms. The van der Waals surface area contributed by atoms with Crippen molar-refractivity contribution in [2.45, 2.75) is 35.5 Å². The zero-order chi connectivity index (χ0) is 9.19. The molecule has 0 aromatic rings. The van der Waals surface area contributed by atoms with E-state index in [4.69, 9.17) is 34.8 Å². The fraction of sp³-hybridized carbons (Fsp3) is 0.857.